The molecule has 3 heteroatoms. The molecule has 0 saturated carbocycles. The summed E-state index contributed by atoms with van der Waals surface area (Å²) >= 11 is 0. The highest BCUT2D eigenvalue weighted by Gasteiger charge is 2.27. The van der Waals surface area contributed by atoms with E-state index in [1.807, 2.05) is 23.1 Å². The van der Waals surface area contributed by atoms with Gasteiger partial charge in [-0.15, -0.1) is 0 Å². The molecule has 0 bridgehead atoms. The average molecular weight is 351 g/mol. The van der Waals surface area contributed by atoms with Crippen molar-refractivity contribution in [3.63, 3.8) is 0 Å². The standard InChI is InChI=1S/C23H29NO2/c1-17-13-18(2)22(19(3)14-17)9-10-23(25)24-11-12-26-16-21(24)15-20-7-5-4-6-8-20/h4-8,13-14,21H,9-12,15-16H2,1-3H3/t21-/m0/s1. The summed E-state index contributed by atoms with van der Waals surface area (Å²) in [6.07, 6.45) is 2.23. The van der Waals surface area contributed by atoms with Crippen LogP contribution < -0.4 is 0 Å². The summed E-state index contributed by atoms with van der Waals surface area (Å²) in [5, 5.41) is 0. The molecular formula is C23H29NO2. The van der Waals surface area contributed by atoms with Crippen molar-refractivity contribution in [1.29, 1.82) is 0 Å². The topological polar surface area (TPSA) is 29.5 Å². The van der Waals surface area contributed by atoms with Crippen LogP contribution in [0.5, 0.6) is 0 Å². The zero-order chi connectivity index (χ0) is 18.5. The van der Waals surface area contributed by atoms with E-state index in [4.69, 9.17) is 4.74 Å². The molecule has 1 aliphatic heterocycles. The molecule has 0 aromatic heterocycles. The number of aryl methyl sites for hydroxylation is 3. The SMILES string of the molecule is Cc1cc(C)c(CCC(=O)N2CCOC[C@@H]2Cc2ccccc2)c(C)c1. The molecule has 0 unspecified atom stereocenters. The quantitative estimate of drug-likeness (QED) is 0.814. The van der Waals surface area contributed by atoms with Crippen LogP contribution in [0.4, 0.5) is 0 Å². The lowest BCUT2D eigenvalue weighted by Gasteiger charge is -2.36. The fraction of sp³-hybridized carbons (Fsp3) is 0.435. The largest absolute Gasteiger partial charge is 0.377 e. The van der Waals surface area contributed by atoms with E-state index in [1.165, 1.54) is 27.8 Å². The van der Waals surface area contributed by atoms with Crippen LogP contribution in [-0.2, 0) is 22.4 Å². The lowest BCUT2D eigenvalue weighted by molar-refractivity contribution is -0.139. The second-order valence-corrected chi connectivity index (χ2v) is 7.38. The Hall–Kier alpha value is -2.13. The van der Waals surface area contributed by atoms with E-state index in [1.54, 1.807) is 0 Å². The summed E-state index contributed by atoms with van der Waals surface area (Å²) in [6, 6.07) is 14.9. The Morgan fingerprint density at radius 1 is 1.12 bits per heavy atom. The minimum atomic E-state index is 0.138. The Morgan fingerprint density at radius 2 is 1.81 bits per heavy atom. The summed E-state index contributed by atoms with van der Waals surface area (Å²) in [4.78, 5) is 15.0. The predicted octanol–water partition coefficient (Wildman–Crippen LogP) is 4.01. The van der Waals surface area contributed by atoms with E-state index < -0.39 is 0 Å². The lowest BCUT2D eigenvalue weighted by atomic mass is 9.95. The normalized spacial score (nSPS) is 17.3. The van der Waals surface area contributed by atoms with Crippen LogP contribution in [0.2, 0.25) is 0 Å². The fourth-order valence-electron chi connectivity index (χ4n) is 4.02. The van der Waals surface area contributed by atoms with Crippen LogP contribution in [0, 0.1) is 20.8 Å². The van der Waals surface area contributed by atoms with Crippen LogP contribution in [0.25, 0.3) is 0 Å². The van der Waals surface area contributed by atoms with Gasteiger partial charge in [0, 0.05) is 13.0 Å². The van der Waals surface area contributed by atoms with Gasteiger partial charge in [0.1, 0.15) is 0 Å². The van der Waals surface area contributed by atoms with Crippen molar-refractivity contribution >= 4 is 5.91 Å². The van der Waals surface area contributed by atoms with Crippen molar-refractivity contribution in [1.82, 2.24) is 4.90 Å². The van der Waals surface area contributed by atoms with Crippen LogP contribution in [0.3, 0.4) is 0 Å². The lowest BCUT2D eigenvalue weighted by Crippen LogP contribution is -2.49. The molecule has 3 nitrogen and oxygen atoms in total. The Morgan fingerprint density at radius 3 is 2.50 bits per heavy atom. The number of hydrogen-bond acceptors (Lipinski definition) is 2. The molecule has 1 heterocycles. The number of morpholine rings is 1. The third kappa shape index (κ3) is 4.53. The predicted molar refractivity (Wildman–Crippen MR) is 105 cm³/mol. The summed E-state index contributed by atoms with van der Waals surface area (Å²) in [7, 11) is 0. The summed E-state index contributed by atoms with van der Waals surface area (Å²) in [5.74, 6) is 0.244. The highest BCUT2D eigenvalue weighted by molar-refractivity contribution is 5.77. The Bertz CT molecular complexity index is 731. The first-order chi connectivity index (χ1) is 12.5. The van der Waals surface area contributed by atoms with Crippen molar-refractivity contribution in [3.05, 3.63) is 70.3 Å². The number of rotatable bonds is 5. The monoisotopic (exact) mass is 351 g/mol. The van der Waals surface area contributed by atoms with Gasteiger partial charge in [0.2, 0.25) is 5.91 Å². The second kappa shape index (κ2) is 8.50. The number of amides is 1. The average Bonchev–Trinajstić information content (AvgIpc) is 2.62. The van der Waals surface area contributed by atoms with Gasteiger partial charge in [-0.05, 0) is 55.9 Å². The van der Waals surface area contributed by atoms with Gasteiger partial charge in [0.25, 0.3) is 0 Å². The van der Waals surface area contributed by atoms with Crippen molar-refractivity contribution in [2.24, 2.45) is 0 Å². The van der Waals surface area contributed by atoms with Gasteiger partial charge in [-0.2, -0.15) is 0 Å². The van der Waals surface area contributed by atoms with Gasteiger partial charge in [0.15, 0.2) is 0 Å². The first-order valence-electron chi connectivity index (χ1n) is 9.52. The molecule has 1 fully saturated rings. The fourth-order valence-corrected chi connectivity index (χ4v) is 4.02. The molecule has 1 saturated heterocycles. The van der Waals surface area contributed by atoms with Crippen molar-refractivity contribution in [2.75, 3.05) is 19.8 Å². The Labute approximate surface area is 157 Å². The zero-order valence-electron chi connectivity index (χ0n) is 16.1. The number of carbonyl (C=O) groups excluding carboxylic acids is 1. The molecule has 0 spiro atoms. The molecule has 0 radical (unpaired) electrons. The zero-order valence-corrected chi connectivity index (χ0v) is 16.1. The maximum Gasteiger partial charge on any atom is 0.223 e. The highest BCUT2D eigenvalue weighted by atomic mass is 16.5. The molecule has 2 aromatic rings. The molecule has 1 atom stereocenters. The highest BCUT2D eigenvalue weighted by Crippen LogP contribution is 2.20. The van der Waals surface area contributed by atoms with Crippen molar-refractivity contribution < 1.29 is 9.53 Å². The smallest absolute Gasteiger partial charge is 0.223 e. The van der Waals surface area contributed by atoms with Crippen LogP contribution >= 0.6 is 0 Å². The molecule has 0 N–H and O–H groups in total. The molecule has 3 rings (SSSR count). The second-order valence-electron chi connectivity index (χ2n) is 7.38. The van der Waals surface area contributed by atoms with Gasteiger partial charge in [-0.1, -0.05) is 48.0 Å². The summed E-state index contributed by atoms with van der Waals surface area (Å²) < 4.78 is 5.66. The van der Waals surface area contributed by atoms with Gasteiger partial charge in [-0.25, -0.2) is 0 Å². The third-order valence-corrected chi connectivity index (χ3v) is 5.29. The van der Waals surface area contributed by atoms with Crippen molar-refractivity contribution in [3.8, 4) is 0 Å². The Kier molecular flexibility index (Phi) is 6.10. The van der Waals surface area contributed by atoms with Gasteiger partial charge in [0.05, 0.1) is 19.3 Å². The molecular weight excluding hydrogens is 322 g/mol. The van der Waals surface area contributed by atoms with E-state index in [0.29, 0.717) is 26.2 Å². The number of hydrogen-bond donors (Lipinski definition) is 0. The first-order valence-corrected chi connectivity index (χ1v) is 9.52. The molecule has 138 valence electrons. The van der Waals surface area contributed by atoms with Crippen LogP contribution in [0.1, 0.15) is 34.2 Å². The van der Waals surface area contributed by atoms with E-state index >= 15 is 0 Å². The van der Waals surface area contributed by atoms with Gasteiger partial charge >= 0.3 is 0 Å². The van der Waals surface area contributed by atoms with Crippen LogP contribution in [0.15, 0.2) is 42.5 Å². The number of carbonyl (C=O) groups is 1. The molecule has 1 aliphatic rings. The molecule has 26 heavy (non-hydrogen) atoms. The van der Waals surface area contributed by atoms with E-state index in [0.717, 1.165) is 12.8 Å². The van der Waals surface area contributed by atoms with Gasteiger partial charge < -0.3 is 9.64 Å². The Balaban J connectivity index is 1.65. The molecule has 0 aliphatic carbocycles. The van der Waals surface area contributed by atoms with E-state index in [2.05, 4.69) is 45.0 Å². The van der Waals surface area contributed by atoms with Crippen molar-refractivity contribution in [2.45, 2.75) is 46.1 Å². The van der Waals surface area contributed by atoms with Gasteiger partial charge in [-0.3, -0.25) is 4.79 Å². The number of ether oxygens (including phenoxy) is 1. The molecule has 1 amide bonds. The third-order valence-electron chi connectivity index (χ3n) is 5.29. The summed E-state index contributed by atoms with van der Waals surface area (Å²) in [5.41, 5.74) is 6.44. The minimum Gasteiger partial charge on any atom is -0.377 e. The number of nitrogens with zero attached hydrogens (tertiary/aromatic N) is 1. The summed E-state index contributed by atoms with van der Waals surface area (Å²) in [6.45, 7) is 8.38. The minimum absolute atomic E-state index is 0.138. The number of benzene rings is 2. The maximum absolute atomic E-state index is 12.9. The van der Waals surface area contributed by atoms with E-state index in [-0.39, 0.29) is 11.9 Å². The maximum atomic E-state index is 12.9. The molecule has 2 aromatic carbocycles. The van der Waals surface area contributed by atoms with Crippen LogP contribution in [-0.4, -0.2) is 36.6 Å². The first kappa shape index (κ1) is 18.7. The van der Waals surface area contributed by atoms with E-state index in [9.17, 15) is 4.79 Å².